The van der Waals surface area contributed by atoms with Gasteiger partial charge in [0.2, 0.25) is 11.9 Å². The van der Waals surface area contributed by atoms with Crippen LogP contribution < -0.4 is 11.1 Å². The van der Waals surface area contributed by atoms with Crippen molar-refractivity contribution in [2.24, 2.45) is 5.73 Å². The van der Waals surface area contributed by atoms with Gasteiger partial charge < -0.3 is 21.1 Å². The molecule has 4 N–H and O–H groups in total. The average molecular weight is 546 g/mol. The van der Waals surface area contributed by atoms with Crippen molar-refractivity contribution >= 4 is 23.6 Å². The Kier molecular flexibility index (Phi) is 8.32. The van der Waals surface area contributed by atoms with Gasteiger partial charge in [0.05, 0.1) is 16.9 Å². The van der Waals surface area contributed by atoms with Crippen LogP contribution in [0.2, 0.25) is 0 Å². The van der Waals surface area contributed by atoms with Gasteiger partial charge in [0.15, 0.2) is 0 Å². The number of nitrogens with two attached hydrogens (primary N) is 1. The number of amides is 2. The maximum Gasteiger partial charge on any atom is 0.419 e. The van der Waals surface area contributed by atoms with Crippen molar-refractivity contribution in [1.82, 2.24) is 14.9 Å². The number of nitrogens with one attached hydrogen (secondary N) is 1. The number of alkyl halides is 3. The molecule has 4 rings (SSSR count). The fourth-order valence-corrected chi connectivity index (χ4v) is 4.80. The Bertz CT molecular complexity index is 1330. The van der Waals surface area contributed by atoms with Gasteiger partial charge in [-0.05, 0) is 48.4 Å². The molecule has 2 aromatic carbocycles. The van der Waals surface area contributed by atoms with Crippen molar-refractivity contribution in [3.8, 4) is 0 Å². The number of rotatable bonds is 8. The first-order valence-electron chi connectivity index (χ1n) is 12.3. The zero-order valence-corrected chi connectivity index (χ0v) is 20.8. The lowest BCUT2D eigenvalue weighted by Gasteiger charge is -2.30. The molecule has 3 aromatic rings. The smallest absolute Gasteiger partial charge is 0.419 e. The fourth-order valence-electron chi connectivity index (χ4n) is 4.80. The molecule has 12 heteroatoms. The second kappa shape index (κ2) is 11.7. The van der Waals surface area contributed by atoms with Crippen LogP contribution in [-0.4, -0.2) is 45.1 Å². The highest BCUT2D eigenvalue weighted by molar-refractivity contribution is 5.75. The number of hydrogen-bond donors (Lipinski definition) is 3. The quantitative estimate of drug-likeness (QED) is 0.324. The van der Waals surface area contributed by atoms with Crippen molar-refractivity contribution in [1.29, 1.82) is 0 Å². The van der Waals surface area contributed by atoms with E-state index in [1.54, 1.807) is 36.4 Å². The monoisotopic (exact) mass is 545 g/mol. The van der Waals surface area contributed by atoms with E-state index < -0.39 is 41.2 Å². The normalized spacial score (nSPS) is 15.1. The van der Waals surface area contributed by atoms with Crippen LogP contribution in [0.3, 0.4) is 0 Å². The molecular weight excluding hydrogens is 518 g/mol. The lowest BCUT2D eigenvalue weighted by molar-refractivity contribution is -0.139. The van der Waals surface area contributed by atoms with E-state index in [0.717, 1.165) is 0 Å². The summed E-state index contributed by atoms with van der Waals surface area (Å²) in [6, 6.07) is 13.1. The Balaban J connectivity index is 1.60. The van der Waals surface area contributed by atoms with Crippen LogP contribution in [0.25, 0.3) is 0 Å². The molecule has 1 atom stereocenters. The average Bonchev–Trinajstić information content (AvgIpc) is 2.89. The predicted octanol–water partition coefficient (Wildman–Crippen LogP) is 5.44. The summed E-state index contributed by atoms with van der Waals surface area (Å²) in [7, 11) is 0. The SMILES string of the molecule is NC(=O)CC(Cc1ccccc1)c1nc(Nc2ccc(C3CCN(C(=O)O)CC3)cc2F)ncc1C(F)(F)F. The van der Waals surface area contributed by atoms with E-state index in [1.165, 1.54) is 17.0 Å². The lowest BCUT2D eigenvalue weighted by atomic mass is 9.89. The first kappa shape index (κ1) is 27.8. The molecule has 39 heavy (non-hydrogen) atoms. The lowest BCUT2D eigenvalue weighted by Crippen LogP contribution is -2.36. The van der Waals surface area contributed by atoms with Crippen molar-refractivity contribution in [3.63, 3.8) is 0 Å². The molecule has 1 aliphatic rings. The van der Waals surface area contributed by atoms with Gasteiger partial charge >= 0.3 is 12.3 Å². The summed E-state index contributed by atoms with van der Waals surface area (Å²) >= 11 is 0. The fraction of sp³-hybridized carbons (Fsp3) is 0.333. The first-order chi connectivity index (χ1) is 18.5. The van der Waals surface area contributed by atoms with Gasteiger partial charge in [-0.25, -0.2) is 19.2 Å². The molecule has 1 saturated heterocycles. The van der Waals surface area contributed by atoms with Crippen LogP contribution in [0.5, 0.6) is 0 Å². The van der Waals surface area contributed by atoms with E-state index in [0.29, 0.717) is 43.3 Å². The van der Waals surface area contributed by atoms with Gasteiger partial charge in [-0.2, -0.15) is 13.2 Å². The minimum atomic E-state index is -4.79. The van der Waals surface area contributed by atoms with Gasteiger partial charge in [0.25, 0.3) is 0 Å². The second-order valence-corrected chi connectivity index (χ2v) is 9.46. The van der Waals surface area contributed by atoms with E-state index >= 15 is 4.39 Å². The molecule has 1 aliphatic heterocycles. The number of halogens is 4. The van der Waals surface area contributed by atoms with Crippen molar-refractivity contribution in [3.05, 3.63) is 82.9 Å². The molecule has 0 saturated carbocycles. The number of carbonyl (C=O) groups excluding carboxylic acids is 1. The third kappa shape index (κ3) is 7.01. The van der Waals surface area contributed by atoms with E-state index in [2.05, 4.69) is 15.3 Å². The minimum Gasteiger partial charge on any atom is -0.465 e. The maximum absolute atomic E-state index is 15.0. The Morgan fingerprint density at radius 1 is 1.13 bits per heavy atom. The zero-order valence-electron chi connectivity index (χ0n) is 20.8. The van der Waals surface area contributed by atoms with Crippen LogP contribution in [0, 0.1) is 5.82 Å². The standard InChI is InChI=1S/C27H27F4N5O3/c28-21-13-18(17-8-10-36(11-9-17)26(38)39)6-7-22(21)34-25-33-15-20(27(29,30)31)24(35-25)19(14-23(32)37)12-16-4-2-1-3-5-16/h1-7,13,15,17,19H,8-12,14H2,(H2,32,37)(H,38,39)(H,33,34,35). The molecule has 2 amide bonds. The van der Waals surface area contributed by atoms with Gasteiger partial charge in [-0.3, -0.25) is 4.79 Å². The van der Waals surface area contributed by atoms with E-state index in [4.69, 9.17) is 10.8 Å². The van der Waals surface area contributed by atoms with Crippen molar-refractivity contribution in [2.45, 2.75) is 43.7 Å². The highest BCUT2D eigenvalue weighted by Gasteiger charge is 2.37. The summed E-state index contributed by atoms with van der Waals surface area (Å²) in [6.45, 7) is 0.693. The Morgan fingerprint density at radius 3 is 2.41 bits per heavy atom. The van der Waals surface area contributed by atoms with Gasteiger partial charge in [-0.1, -0.05) is 36.4 Å². The number of aromatic nitrogens is 2. The maximum atomic E-state index is 15.0. The van der Waals surface area contributed by atoms with Crippen LogP contribution in [0.4, 0.5) is 34.0 Å². The molecule has 1 aromatic heterocycles. The number of primary amides is 1. The molecule has 0 radical (unpaired) electrons. The Morgan fingerprint density at radius 2 is 1.82 bits per heavy atom. The molecule has 0 bridgehead atoms. The third-order valence-corrected chi connectivity index (χ3v) is 6.76. The summed E-state index contributed by atoms with van der Waals surface area (Å²) in [5.41, 5.74) is 5.20. The molecule has 8 nitrogen and oxygen atoms in total. The number of hydrogen-bond acceptors (Lipinski definition) is 5. The van der Waals surface area contributed by atoms with Crippen LogP contribution in [-0.2, 0) is 17.4 Å². The first-order valence-corrected chi connectivity index (χ1v) is 12.3. The Hall–Kier alpha value is -4.22. The second-order valence-electron chi connectivity index (χ2n) is 9.46. The minimum absolute atomic E-state index is 0.0226. The molecule has 0 aliphatic carbocycles. The summed E-state index contributed by atoms with van der Waals surface area (Å²) in [5, 5.41) is 11.8. The number of nitrogens with zero attached hydrogens (tertiary/aromatic N) is 3. The number of carbonyl (C=O) groups is 2. The number of anilines is 2. The molecular formula is C27H27F4N5O3. The number of piperidine rings is 1. The number of carboxylic acid groups (broad SMARTS) is 1. The van der Waals surface area contributed by atoms with Crippen LogP contribution in [0.15, 0.2) is 54.7 Å². The summed E-state index contributed by atoms with van der Waals surface area (Å²) < 4.78 is 56.7. The summed E-state index contributed by atoms with van der Waals surface area (Å²) in [5.74, 6) is -2.72. The number of likely N-dealkylation sites (tertiary alicyclic amines) is 1. The molecule has 206 valence electrons. The van der Waals surface area contributed by atoms with E-state index in [1.807, 2.05) is 0 Å². The van der Waals surface area contributed by atoms with Crippen molar-refractivity contribution < 1.29 is 32.3 Å². The predicted molar refractivity (Wildman–Crippen MR) is 135 cm³/mol. The highest BCUT2D eigenvalue weighted by Crippen LogP contribution is 2.37. The largest absolute Gasteiger partial charge is 0.465 e. The molecule has 1 unspecified atom stereocenters. The van der Waals surface area contributed by atoms with Gasteiger partial charge in [-0.15, -0.1) is 0 Å². The van der Waals surface area contributed by atoms with Crippen molar-refractivity contribution in [2.75, 3.05) is 18.4 Å². The molecule has 0 spiro atoms. The zero-order chi connectivity index (χ0) is 28.2. The van der Waals surface area contributed by atoms with Gasteiger partial charge in [0, 0.05) is 31.6 Å². The number of benzene rings is 2. The van der Waals surface area contributed by atoms with E-state index in [-0.39, 0.29) is 30.4 Å². The van der Waals surface area contributed by atoms with Gasteiger partial charge in [0.1, 0.15) is 5.82 Å². The molecule has 2 heterocycles. The topological polar surface area (TPSA) is 121 Å². The summed E-state index contributed by atoms with van der Waals surface area (Å²) in [4.78, 5) is 32.0. The summed E-state index contributed by atoms with van der Waals surface area (Å²) in [6.07, 6.45) is -4.36. The third-order valence-electron chi connectivity index (χ3n) is 6.76. The van der Waals surface area contributed by atoms with Crippen LogP contribution >= 0.6 is 0 Å². The highest BCUT2D eigenvalue weighted by atomic mass is 19.4. The van der Waals surface area contributed by atoms with E-state index in [9.17, 15) is 22.8 Å². The van der Waals surface area contributed by atoms with Crippen LogP contribution in [0.1, 0.15) is 53.5 Å². The Labute approximate surface area is 221 Å². The molecule has 1 fully saturated rings.